The Morgan fingerprint density at radius 3 is 2.10 bits per heavy atom. The number of fused-ring (bicyclic) bond motifs is 1. The van der Waals surface area contributed by atoms with Gasteiger partial charge in [-0.15, -0.1) is 0 Å². The largest absolute Gasteiger partial charge is 0.296 e. The molecule has 0 saturated carbocycles. The first-order valence-corrected chi connectivity index (χ1v) is 7.65. The monoisotopic (exact) mass is 278 g/mol. The van der Waals surface area contributed by atoms with E-state index in [0.29, 0.717) is 11.8 Å². The van der Waals surface area contributed by atoms with Crippen molar-refractivity contribution in [3.63, 3.8) is 0 Å². The van der Waals surface area contributed by atoms with Crippen LogP contribution in [0, 0.1) is 0 Å². The molecule has 2 nitrogen and oxygen atoms in total. The molecule has 0 saturated heterocycles. The van der Waals surface area contributed by atoms with Crippen molar-refractivity contribution in [3.8, 4) is 5.69 Å². The summed E-state index contributed by atoms with van der Waals surface area (Å²) < 4.78 is 2.28. The van der Waals surface area contributed by atoms with E-state index in [9.17, 15) is 0 Å². The van der Waals surface area contributed by atoms with E-state index in [0.717, 1.165) is 11.3 Å². The van der Waals surface area contributed by atoms with Gasteiger partial charge in [0, 0.05) is 11.6 Å². The summed E-state index contributed by atoms with van der Waals surface area (Å²) in [5.74, 6) is 2.07. The highest BCUT2D eigenvalue weighted by molar-refractivity contribution is 5.78. The van der Waals surface area contributed by atoms with Crippen LogP contribution in [0.4, 0.5) is 0 Å². The Balaban J connectivity index is 2.20. The first kappa shape index (κ1) is 13.9. The molecule has 1 aromatic heterocycles. The highest BCUT2D eigenvalue weighted by Gasteiger charge is 2.14. The molecule has 1 heterocycles. The van der Waals surface area contributed by atoms with E-state index in [-0.39, 0.29) is 0 Å². The van der Waals surface area contributed by atoms with Crippen LogP contribution in [0.5, 0.6) is 0 Å². The van der Waals surface area contributed by atoms with Gasteiger partial charge >= 0.3 is 0 Å². The summed E-state index contributed by atoms with van der Waals surface area (Å²) in [7, 11) is 0. The predicted molar refractivity (Wildman–Crippen MR) is 89.2 cm³/mol. The molecule has 0 N–H and O–H groups in total. The van der Waals surface area contributed by atoms with Crippen LogP contribution in [0.1, 0.15) is 50.9 Å². The van der Waals surface area contributed by atoms with Gasteiger partial charge in [-0.1, -0.05) is 52.0 Å². The van der Waals surface area contributed by atoms with E-state index < -0.39 is 0 Å². The zero-order valence-electron chi connectivity index (χ0n) is 13.2. The van der Waals surface area contributed by atoms with E-state index in [1.807, 2.05) is 6.07 Å². The molecule has 0 aliphatic rings. The normalized spacial score (nSPS) is 11.7. The van der Waals surface area contributed by atoms with Gasteiger partial charge in [0.05, 0.1) is 11.0 Å². The molecular weight excluding hydrogens is 256 g/mol. The van der Waals surface area contributed by atoms with Crippen LogP contribution < -0.4 is 0 Å². The molecule has 0 bridgehead atoms. The van der Waals surface area contributed by atoms with Gasteiger partial charge in [0.15, 0.2) is 0 Å². The zero-order chi connectivity index (χ0) is 15.0. The molecule has 108 valence electrons. The number of hydrogen-bond donors (Lipinski definition) is 0. The van der Waals surface area contributed by atoms with Crippen molar-refractivity contribution >= 4 is 11.0 Å². The maximum absolute atomic E-state index is 4.81. The molecule has 21 heavy (non-hydrogen) atoms. The molecule has 0 amide bonds. The summed E-state index contributed by atoms with van der Waals surface area (Å²) in [5.41, 5.74) is 4.80. The Kier molecular flexibility index (Phi) is 3.54. The average Bonchev–Trinajstić information content (AvgIpc) is 2.87. The molecule has 0 radical (unpaired) electrons. The van der Waals surface area contributed by atoms with Gasteiger partial charge in [0.2, 0.25) is 0 Å². The maximum Gasteiger partial charge on any atom is 0.117 e. The molecule has 3 aromatic rings. The molecule has 0 atom stereocenters. The summed E-state index contributed by atoms with van der Waals surface area (Å²) in [6.45, 7) is 8.84. The summed E-state index contributed by atoms with van der Waals surface area (Å²) >= 11 is 0. The van der Waals surface area contributed by atoms with Crippen LogP contribution in [0.3, 0.4) is 0 Å². The molecule has 0 aliphatic heterocycles. The highest BCUT2D eigenvalue weighted by atomic mass is 15.1. The van der Waals surface area contributed by atoms with Crippen molar-refractivity contribution < 1.29 is 0 Å². The second-order valence-corrected chi connectivity index (χ2v) is 6.20. The minimum Gasteiger partial charge on any atom is -0.296 e. The lowest BCUT2D eigenvalue weighted by Crippen LogP contribution is -2.03. The van der Waals surface area contributed by atoms with E-state index in [2.05, 4.69) is 74.7 Å². The van der Waals surface area contributed by atoms with E-state index in [4.69, 9.17) is 4.98 Å². The van der Waals surface area contributed by atoms with Gasteiger partial charge in [-0.2, -0.15) is 0 Å². The summed E-state index contributed by atoms with van der Waals surface area (Å²) in [6, 6.07) is 17.2. The third-order valence-electron chi connectivity index (χ3n) is 3.92. The predicted octanol–water partition coefficient (Wildman–Crippen LogP) is 5.27. The van der Waals surface area contributed by atoms with Gasteiger partial charge in [-0.3, -0.25) is 4.57 Å². The Labute approximate surface area is 126 Å². The smallest absolute Gasteiger partial charge is 0.117 e. The quantitative estimate of drug-likeness (QED) is 0.638. The van der Waals surface area contributed by atoms with Crippen LogP contribution in [0.25, 0.3) is 16.7 Å². The van der Waals surface area contributed by atoms with Gasteiger partial charge < -0.3 is 0 Å². The van der Waals surface area contributed by atoms with Crippen LogP contribution >= 0.6 is 0 Å². The lowest BCUT2D eigenvalue weighted by Gasteiger charge is -2.13. The third kappa shape index (κ3) is 2.46. The number of hydrogen-bond acceptors (Lipinski definition) is 1. The van der Waals surface area contributed by atoms with Crippen molar-refractivity contribution in [1.82, 2.24) is 9.55 Å². The molecule has 3 rings (SSSR count). The van der Waals surface area contributed by atoms with Crippen molar-refractivity contribution in [3.05, 3.63) is 59.9 Å². The van der Waals surface area contributed by atoms with E-state index in [1.165, 1.54) is 16.8 Å². The van der Waals surface area contributed by atoms with Gasteiger partial charge in [-0.25, -0.2) is 4.98 Å². The fraction of sp³-hybridized carbons (Fsp3) is 0.316. The lowest BCUT2D eigenvalue weighted by molar-refractivity contribution is 0.759. The Morgan fingerprint density at radius 1 is 0.810 bits per heavy atom. The maximum atomic E-state index is 4.81. The molecule has 2 aromatic carbocycles. The fourth-order valence-electron chi connectivity index (χ4n) is 2.71. The summed E-state index contributed by atoms with van der Waals surface area (Å²) in [5, 5.41) is 0. The summed E-state index contributed by atoms with van der Waals surface area (Å²) in [4.78, 5) is 4.81. The van der Waals surface area contributed by atoms with Gasteiger partial charge in [0.1, 0.15) is 5.82 Å². The van der Waals surface area contributed by atoms with Crippen molar-refractivity contribution in [2.24, 2.45) is 0 Å². The molecule has 0 fully saturated rings. The van der Waals surface area contributed by atoms with Crippen molar-refractivity contribution in [1.29, 1.82) is 0 Å². The molecule has 2 heteroatoms. The first-order valence-electron chi connectivity index (χ1n) is 7.65. The fourth-order valence-corrected chi connectivity index (χ4v) is 2.71. The van der Waals surface area contributed by atoms with Gasteiger partial charge in [0.25, 0.3) is 0 Å². The Hall–Kier alpha value is -2.09. The average molecular weight is 278 g/mol. The minimum atomic E-state index is 0.391. The van der Waals surface area contributed by atoms with Crippen LogP contribution in [0.2, 0.25) is 0 Å². The standard InChI is InChI=1S/C19H22N2/c1-13(2)15-9-11-16(12-10-15)21-18-8-6-5-7-17(18)20-19(21)14(3)4/h5-14H,1-4H3. The first-order chi connectivity index (χ1) is 10.1. The second-order valence-electron chi connectivity index (χ2n) is 6.20. The topological polar surface area (TPSA) is 17.8 Å². The third-order valence-corrected chi connectivity index (χ3v) is 3.92. The number of para-hydroxylation sites is 2. The molecule has 0 aliphatic carbocycles. The number of aromatic nitrogens is 2. The zero-order valence-corrected chi connectivity index (χ0v) is 13.2. The Morgan fingerprint density at radius 2 is 1.48 bits per heavy atom. The Bertz CT molecular complexity index is 749. The van der Waals surface area contributed by atoms with Crippen molar-refractivity contribution in [2.45, 2.75) is 39.5 Å². The van der Waals surface area contributed by atoms with Crippen molar-refractivity contribution in [2.75, 3.05) is 0 Å². The number of benzene rings is 2. The van der Waals surface area contributed by atoms with Crippen LogP contribution in [0.15, 0.2) is 48.5 Å². The molecular formula is C19H22N2. The SMILES string of the molecule is CC(C)c1ccc(-n2c(C(C)C)nc3ccccc32)cc1. The number of imidazole rings is 1. The summed E-state index contributed by atoms with van der Waals surface area (Å²) in [6.07, 6.45) is 0. The lowest BCUT2D eigenvalue weighted by atomic mass is 10.0. The van der Waals surface area contributed by atoms with E-state index in [1.54, 1.807) is 0 Å². The molecule has 0 unspecified atom stereocenters. The minimum absolute atomic E-state index is 0.391. The number of nitrogens with zero attached hydrogens (tertiary/aromatic N) is 2. The van der Waals surface area contributed by atoms with Crippen LogP contribution in [-0.4, -0.2) is 9.55 Å². The van der Waals surface area contributed by atoms with Gasteiger partial charge in [-0.05, 0) is 35.7 Å². The van der Waals surface area contributed by atoms with E-state index >= 15 is 0 Å². The highest BCUT2D eigenvalue weighted by Crippen LogP contribution is 2.27. The molecule has 0 spiro atoms. The van der Waals surface area contributed by atoms with Crippen LogP contribution in [-0.2, 0) is 0 Å². The second kappa shape index (κ2) is 5.36. The number of rotatable bonds is 3.